The second kappa shape index (κ2) is 8.21. The first-order chi connectivity index (χ1) is 16.5. The second-order valence-electron chi connectivity index (χ2n) is 8.64. The van der Waals surface area contributed by atoms with Crippen molar-refractivity contribution in [2.75, 3.05) is 0 Å². The van der Waals surface area contributed by atoms with Crippen LogP contribution in [0.4, 0.5) is 0 Å². The van der Waals surface area contributed by atoms with Gasteiger partial charge in [-0.05, 0) is 62.9 Å². The van der Waals surface area contributed by atoms with Gasteiger partial charge in [-0.25, -0.2) is 9.97 Å². The molecule has 1 aliphatic carbocycles. The third-order valence-corrected chi connectivity index (χ3v) is 8.44. The highest BCUT2D eigenvalue weighted by Crippen LogP contribution is 2.36. The molecule has 0 saturated heterocycles. The lowest BCUT2D eigenvalue weighted by Crippen LogP contribution is -2.22. The van der Waals surface area contributed by atoms with Gasteiger partial charge in [0.05, 0.1) is 16.8 Å². The first-order valence-electron chi connectivity index (χ1n) is 11.2. The van der Waals surface area contributed by atoms with Crippen molar-refractivity contribution in [2.45, 2.75) is 44.0 Å². The van der Waals surface area contributed by atoms with E-state index >= 15 is 0 Å². The number of hydrogen-bond donors (Lipinski definition) is 0. The van der Waals surface area contributed by atoms with Gasteiger partial charge in [0, 0.05) is 22.4 Å². The zero-order valence-electron chi connectivity index (χ0n) is 18.9. The molecule has 4 aromatic heterocycles. The van der Waals surface area contributed by atoms with Crippen molar-refractivity contribution in [1.29, 1.82) is 0 Å². The molecular formula is C26H22N4O2S2. The molecule has 1 aromatic carbocycles. The summed E-state index contributed by atoms with van der Waals surface area (Å²) in [5.74, 6) is 0.439. The summed E-state index contributed by atoms with van der Waals surface area (Å²) in [5.41, 5.74) is 5.12. The van der Waals surface area contributed by atoms with E-state index in [1.165, 1.54) is 22.2 Å². The predicted molar refractivity (Wildman–Crippen MR) is 138 cm³/mol. The molecule has 5 aromatic rings. The Labute approximate surface area is 203 Å². The van der Waals surface area contributed by atoms with Crippen molar-refractivity contribution < 1.29 is 0 Å². The van der Waals surface area contributed by atoms with Crippen LogP contribution in [0.15, 0.2) is 63.3 Å². The molecule has 1 aliphatic rings. The molecule has 170 valence electrons. The van der Waals surface area contributed by atoms with Gasteiger partial charge in [-0.3, -0.25) is 18.6 Å². The van der Waals surface area contributed by atoms with E-state index < -0.39 is 0 Å². The van der Waals surface area contributed by atoms with Gasteiger partial charge in [0.2, 0.25) is 0 Å². The third-order valence-electron chi connectivity index (χ3n) is 6.28. The summed E-state index contributed by atoms with van der Waals surface area (Å²) in [6, 6.07) is 15.1. The van der Waals surface area contributed by atoms with Crippen molar-refractivity contribution in [3.63, 3.8) is 0 Å². The van der Waals surface area contributed by atoms with Crippen LogP contribution in [0.5, 0.6) is 0 Å². The molecule has 0 fully saturated rings. The van der Waals surface area contributed by atoms with E-state index in [1.54, 1.807) is 26.4 Å². The topological polar surface area (TPSA) is 69.3 Å². The first-order valence-corrected chi connectivity index (χ1v) is 13.1. The molecule has 0 spiro atoms. The number of thioether (sulfide) groups is 1. The Morgan fingerprint density at radius 1 is 1.03 bits per heavy atom. The van der Waals surface area contributed by atoms with Crippen LogP contribution in [0.1, 0.15) is 33.8 Å². The Morgan fingerprint density at radius 3 is 2.68 bits per heavy atom. The van der Waals surface area contributed by atoms with E-state index in [4.69, 9.17) is 4.98 Å². The minimum atomic E-state index is -0.104. The van der Waals surface area contributed by atoms with Crippen molar-refractivity contribution in [3.05, 3.63) is 96.6 Å². The van der Waals surface area contributed by atoms with Crippen LogP contribution in [0.25, 0.3) is 21.6 Å². The van der Waals surface area contributed by atoms with Gasteiger partial charge in [0.25, 0.3) is 11.1 Å². The molecular weight excluding hydrogens is 464 g/mol. The number of aryl methyl sites for hydroxylation is 4. The monoisotopic (exact) mass is 486 g/mol. The first kappa shape index (κ1) is 21.3. The maximum absolute atomic E-state index is 13.8. The minimum absolute atomic E-state index is 0.0158. The van der Waals surface area contributed by atoms with Crippen LogP contribution in [-0.2, 0) is 18.6 Å². The zero-order valence-corrected chi connectivity index (χ0v) is 20.5. The van der Waals surface area contributed by atoms with E-state index in [-0.39, 0.29) is 11.1 Å². The van der Waals surface area contributed by atoms with E-state index in [9.17, 15) is 9.59 Å². The fraction of sp³-hybridized carbons (Fsp3) is 0.231. The lowest BCUT2D eigenvalue weighted by molar-refractivity contribution is 0.819. The van der Waals surface area contributed by atoms with Crippen LogP contribution < -0.4 is 11.1 Å². The normalized spacial score (nSPS) is 13.1. The molecule has 0 bridgehead atoms. The maximum atomic E-state index is 13.8. The smallest absolute Gasteiger partial charge is 0.267 e. The van der Waals surface area contributed by atoms with Crippen molar-refractivity contribution >= 4 is 39.0 Å². The van der Waals surface area contributed by atoms with E-state index in [1.807, 2.05) is 56.3 Å². The van der Waals surface area contributed by atoms with Crippen molar-refractivity contribution in [3.8, 4) is 5.69 Å². The summed E-state index contributed by atoms with van der Waals surface area (Å²) >= 11 is 3.08. The van der Waals surface area contributed by atoms with E-state index in [0.717, 1.165) is 46.4 Å². The summed E-state index contributed by atoms with van der Waals surface area (Å²) in [4.78, 5) is 38.2. The molecule has 0 amide bonds. The fourth-order valence-corrected chi connectivity index (χ4v) is 6.83. The lowest BCUT2D eigenvalue weighted by Gasteiger charge is -2.13. The molecule has 6 rings (SSSR count). The van der Waals surface area contributed by atoms with Crippen molar-refractivity contribution in [1.82, 2.24) is 18.9 Å². The lowest BCUT2D eigenvalue weighted by atomic mass is 10.2. The van der Waals surface area contributed by atoms with Gasteiger partial charge in [-0.15, -0.1) is 11.3 Å². The summed E-state index contributed by atoms with van der Waals surface area (Å²) in [6.07, 6.45) is 3.06. The molecule has 0 N–H and O–H groups in total. The largest absolute Gasteiger partial charge is 0.269 e. The Balaban J connectivity index is 1.47. The van der Waals surface area contributed by atoms with Crippen LogP contribution in [-0.4, -0.2) is 18.9 Å². The number of fused-ring (bicyclic) bond motifs is 4. The number of rotatable bonds is 4. The van der Waals surface area contributed by atoms with E-state index in [2.05, 4.69) is 4.98 Å². The number of hydrogen-bond acceptors (Lipinski definition) is 6. The maximum Gasteiger partial charge on any atom is 0.267 e. The number of nitrogens with zero attached hydrogens (tertiary/aromatic N) is 4. The second-order valence-corrected chi connectivity index (χ2v) is 10.7. The van der Waals surface area contributed by atoms with Gasteiger partial charge in [0.15, 0.2) is 5.16 Å². The fourth-order valence-electron chi connectivity index (χ4n) is 4.62. The Morgan fingerprint density at radius 2 is 1.85 bits per heavy atom. The van der Waals surface area contributed by atoms with Gasteiger partial charge >= 0.3 is 0 Å². The van der Waals surface area contributed by atoms with Crippen LogP contribution in [0.2, 0.25) is 0 Å². The quantitative estimate of drug-likeness (QED) is 0.268. The Bertz CT molecular complexity index is 1700. The van der Waals surface area contributed by atoms with Crippen LogP contribution in [0.3, 0.4) is 0 Å². The molecule has 0 atom stereocenters. The summed E-state index contributed by atoms with van der Waals surface area (Å²) in [5, 5.41) is 1.38. The van der Waals surface area contributed by atoms with Crippen LogP contribution >= 0.6 is 23.1 Å². The highest BCUT2D eigenvalue weighted by atomic mass is 32.2. The number of benzene rings is 1. The van der Waals surface area contributed by atoms with E-state index in [0.29, 0.717) is 22.3 Å². The average Bonchev–Trinajstić information content (AvgIpc) is 3.39. The Kier molecular flexibility index (Phi) is 5.15. The van der Waals surface area contributed by atoms with Gasteiger partial charge in [-0.1, -0.05) is 35.5 Å². The summed E-state index contributed by atoms with van der Waals surface area (Å²) in [6.45, 7) is 3.92. The van der Waals surface area contributed by atoms with Crippen molar-refractivity contribution in [2.24, 2.45) is 0 Å². The summed E-state index contributed by atoms with van der Waals surface area (Å²) in [7, 11) is 0. The van der Waals surface area contributed by atoms with Gasteiger partial charge < -0.3 is 0 Å². The number of thiophene rings is 1. The molecule has 0 radical (unpaired) electrons. The Hall–Kier alpha value is -3.23. The molecule has 8 heteroatoms. The highest BCUT2D eigenvalue weighted by Gasteiger charge is 2.24. The molecule has 34 heavy (non-hydrogen) atoms. The van der Waals surface area contributed by atoms with Gasteiger partial charge in [0.1, 0.15) is 10.5 Å². The minimum Gasteiger partial charge on any atom is -0.269 e. The molecule has 0 saturated carbocycles. The molecule has 0 aliphatic heterocycles. The highest BCUT2D eigenvalue weighted by molar-refractivity contribution is 7.98. The SMILES string of the molecule is Cc1ccc(-n2c(SCc3cc(=O)n4c(C)cccc4n3)nc3sc4c(c3c2=O)CCC4)cc1. The van der Waals surface area contributed by atoms with Gasteiger partial charge in [-0.2, -0.15) is 0 Å². The average molecular weight is 487 g/mol. The number of pyridine rings is 1. The third kappa shape index (κ3) is 3.49. The summed E-state index contributed by atoms with van der Waals surface area (Å²) < 4.78 is 3.32. The zero-order chi connectivity index (χ0) is 23.4. The molecule has 4 heterocycles. The number of aromatic nitrogens is 4. The molecule has 0 unspecified atom stereocenters. The molecule has 6 nitrogen and oxygen atoms in total. The standard InChI is InChI=1S/C26H22N4O2S2/c1-15-9-11-18(12-10-15)30-25(32)23-19-6-4-7-20(19)34-24(23)28-26(30)33-14-17-13-22(31)29-16(2)5-3-8-21(29)27-17/h3,5,8-13H,4,6-7,14H2,1-2H3. The van der Waals surface area contributed by atoms with Crippen LogP contribution in [0, 0.1) is 13.8 Å². The predicted octanol–water partition coefficient (Wildman–Crippen LogP) is 4.85.